The van der Waals surface area contributed by atoms with Gasteiger partial charge in [-0.05, 0) is 12.1 Å². The lowest BCUT2D eigenvalue weighted by Gasteiger charge is -2.11. The third kappa shape index (κ3) is 4.08. The van der Waals surface area contributed by atoms with E-state index in [9.17, 15) is 14.4 Å². The second-order valence-electron chi connectivity index (χ2n) is 3.47. The molecule has 1 rings (SSSR count). The van der Waals surface area contributed by atoms with Crippen molar-refractivity contribution in [1.82, 2.24) is 0 Å². The third-order valence-electron chi connectivity index (χ3n) is 2.17. The highest BCUT2D eigenvalue weighted by Gasteiger charge is 2.13. The zero-order valence-corrected chi connectivity index (χ0v) is 11.0. The van der Waals surface area contributed by atoms with Gasteiger partial charge < -0.3 is 10.4 Å². The van der Waals surface area contributed by atoms with Gasteiger partial charge in [-0.2, -0.15) is 0 Å². The number of halogens is 2. The van der Waals surface area contributed by atoms with Crippen molar-refractivity contribution in [3.05, 3.63) is 39.5 Å². The number of allylic oxidation sites excluding steroid dienone is 1. The number of carbonyl (C=O) groups is 3. The smallest absolute Gasteiger partial charge is 0.308 e. The van der Waals surface area contributed by atoms with Crippen molar-refractivity contribution in [2.45, 2.75) is 6.42 Å². The topological polar surface area (TPSA) is 83.5 Å². The monoisotopic (exact) mass is 301 g/mol. The molecule has 0 aliphatic carbocycles. The lowest BCUT2D eigenvalue weighted by atomic mass is 10.1. The highest BCUT2D eigenvalue weighted by molar-refractivity contribution is 6.39. The van der Waals surface area contributed by atoms with E-state index in [0.717, 1.165) is 0 Å². The molecule has 100 valence electrons. The van der Waals surface area contributed by atoms with Crippen LogP contribution in [-0.4, -0.2) is 23.6 Å². The van der Waals surface area contributed by atoms with Crippen LogP contribution in [-0.2, 0) is 14.4 Å². The minimum absolute atomic E-state index is 0.188. The van der Waals surface area contributed by atoms with Crippen LogP contribution in [0.4, 0.5) is 5.69 Å². The van der Waals surface area contributed by atoms with Gasteiger partial charge in [0.2, 0.25) is 0 Å². The molecule has 0 unspecified atom stereocenters. The predicted molar refractivity (Wildman–Crippen MR) is 71.5 cm³/mol. The molecule has 0 amide bonds. The lowest BCUT2D eigenvalue weighted by Crippen LogP contribution is -2.10. The van der Waals surface area contributed by atoms with Crippen LogP contribution in [0.3, 0.4) is 0 Å². The summed E-state index contributed by atoms with van der Waals surface area (Å²) < 4.78 is 0. The van der Waals surface area contributed by atoms with Gasteiger partial charge in [-0.3, -0.25) is 14.4 Å². The molecule has 0 saturated carbocycles. The molecule has 0 fully saturated rings. The van der Waals surface area contributed by atoms with Crippen LogP contribution >= 0.6 is 23.2 Å². The second-order valence-corrected chi connectivity index (χ2v) is 4.28. The van der Waals surface area contributed by atoms with Crippen LogP contribution in [0.25, 0.3) is 0 Å². The first-order chi connectivity index (χ1) is 8.99. The van der Waals surface area contributed by atoms with Crippen molar-refractivity contribution in [3.63, 3.8) is 0 Å². The Morgan fingerprint density at radius 3 is 2.21 bits per heavy atom. The van der Waals surface area contributed by atoms with Gasteiger partial charge in [0.1, 0.15) is 6.29 Å². The zero-order chi connectivity index (χ0) is 14.4. The molecule has 0 aromatic heterocycles. The molecule has 2 N–H and O–H groups in total. The van der Waals surface area contributed by atoms with E-state index in [1.165, 1.54) is 12.1 Å². The number of anilines is 1. The van der Waals surface area contributed by atoms with Crippen LogP contribution in [0.15, 0.2) is 29.5 Å². The van der Waals surface area contributed by atoms with E-state index in [0.29, 0.717) is 12.6 Å². The van der Waals surface area contributed by atoms with E-state index in [-0.39, 0.29) is 27.0 Å². The van der Waals surface area contributed by atoms with Crippen molar-refractivity contribution in [1.29, 1.82) is 0 Å². The minimum atomic E-state index is -1.23. The summed E-state index contributed by atoms with van der Waals surface area (Å²) in [6.45, 7) is 0. The molecule has 0 spiro atoms. The largest absolute Gasteiger partial charge is 0.481 e. The fourth-order valence-corrected chi connectivity index (χ4v) is 1.79. The number of carboxylic acid groups (broad SMARTS) is 1. The number of rotatable bonds is 6. The fourth-order valence-electron chi connectivity index (χ4n) is 1.30. The molecule has 0 radical (unpaired) electrons. The van der Waals surface area contributed by atoms with E-state index in [2.05, 4.69) is 5.32 Å². The van der Waals surface area contributed by atoms with E-state index in [4.69, 9.17) is 28.3 Å². The molecule has 1 aromatic carbocycles. The van der Waals surface area contributed by atoms with Gasteiger partial charge in [-0.15, -0.1) is 0 Å². The Hall–Kier alpha value is -1.85. The van der Waals surface area contributed by atoms with Crippen molar-refractivity contribution < 1.29 is 19.5 Å². The van der Waals surface area contributed by atoms with E-state index in [1.807, 2.05) is 0 Å². The molecule has 0 bridgehead atoms. The Labute approximate surface area is 118 Å². The molecule has 1 aromatic rings. The van der Waals surface area contributed by atoms with E-state index in [1.54, 1.807) is 6.07 Å². The Kier molecular flexibility index (Phi) is 5.54. The van der Waals surface area contributed by atoms with Crippen molar-refractivity contribution in [3.8, 4) is 0 Å². The van der Waals surface area contributed by atoms with Crippen molar-refractivity contribution in [2.75, 3.05) is 5.32 Å². The second kappa shape index (κ2) is 6.92. The maximum Gasteiger partial charge on any atom is 0.308 e. The van der Waals surface area contributed by atoms with Gasteiger partial charge in [-0.1, -0.05) is 29.3 Å². The van der Waals surface area contributed by atoms with Crippen LogP contribution in [0.1, 0.15) is 6.42 Å². The number of carboxylic acids is 1. The number of hydrogen-bond acceptors (Lipinski definition) is 4. The first-order valence-corrected chi connectivity index (χ1v) is 5.81. The number of carbonyl (C=O) groups excluding carboxylic acids is 2. The molecule has 0 aliphatic heterocycles. The van der Waals surface area contributed by atoms with E-state index >= 15 is 0 Å². The molecule has 0 atom stereocenters. The van der Waals surface area contributed by atoms with Crippen molar-refractivity contribution in [2.24, 2.45) is 0 Å². The van der Waals surface area contributed by atoms with E-state index < -0.39 is 12.4 Å². The molecular formula is C12H9Cl2NO4. The van der Waals surface area contributed by atoms with Crippen LogP contribution in [0.5, 0.6) is 0 Å². The van der Waals surface area contributed by atoms with Gasteiger partial charge >= 0.3 is 5.97 Å². The predicted octanol–water partition coefficient (Wildman–Crippen LogP) is 2.53. The number of aliphatic carboxylic acids is 1. The third-order valence-corrected chi connectivity index (χ3v) is 2.80. The lowest BCUT2D eigenvalue weighted by molar-refractivity contribution is -0.136. The maximum absolute atomic E-state index is 11.0. The van der Waals surface area contributed by atoms with Gasteiger partial charge in [0.05, 0.1) is 27.9 Å². The SMILES string of the molecule is O=C/C(CC(=O)O)=C(\C=O)Nc1c(Cl)cccc1Cl. The molecule has 7 heteroatoms. The Bertz CT molecular complexity index is 534. The average Bonchev–Trinajstić information content (AvgIpc) is 2.36. The summed E-state index contributed by atoms with van der Waals surface area (Å²) in [5.41, 5.74) is -0.149. The average molecular weight is 302 g/mol. The first kappa shape index (κ1) is 15.2. The number of para-hydroxylation sites is 1. The van der Waals surface area contributed by atoms with Gasteiger partial charge in [0, 0.05) is 5.57 Å². The number of hydrogen-bond donors (Lipinski definition) is 2. The Morgan fingerprint density at radius 2 is 1.79 bits per heavy atom. The summed E-state index contributed by atoms with van der Waals surface area (Å²) in [5.74, 6) is -1.23. The van der Waals surface area contributed by atoms with Crippen LogP contribution < -0.4 is 5.32 Å². The Morgan fingerprint density at radius 1 is 1.21 bits per heavy atom. The zero-order valence-electron chi connectivity index (χ0n) is 9.52. The molecule has 0 aliphatic rings. The number of nitrogens with one attached hydrogen (secondary N) is 1. The first-order valence-electron chi connectivity index (χ1n) is 5.06. The van der Waals surface area contributed by atoms with Gasteiger partial charge in [0.25, 0.3) is 0 Å². The maximum atomic E-state index is 11.0. The summed E-state index contributed by atoms with van der Waals surface area (Å²) in [4.78, 5) is 32.4. The standard InChI is InChI=1S/C12H9Cl2NO4/c13-8-2-1-3-9(14)12(8)15-10(6-17)7(5-16)4-11(18)19/h1-3,5-6,15H,4H2,(H,18,19)/b10-7+. The van der Waals surface area contributed by atoms with Gasteiger partial charge in [0.15, 0.2) is 6.29 Å². The fraction of sp³-hybridized carbons (Fsp3) is 0.0833. The number of aldehydes is 2. The molecular weight excluding hydrogens is 293 g/mol. The quantitative estimate of drug-likeness (QED) is 0.623. The summed E-state index contributed by atoms with van der Waals surface area (Å²) in [7, 11) is 0. The highest BCUT2D eigenvalue weighted by atomic mass is 35.5. The summed E-state index contributed by atoms with van der Waals surface area (Å²) in [6, 6.07) is 4.68. The molecule has 0 heterocycles. The summed E-state index contributed by atoms with van der Waals surface area (Å²) in [6.07, 6.45) is 0.0641. The molecule has 5 nitrogen and oxygen atoms in total. The number of benzene rings is 1. The van der Waals surface area contributed by atoms with Crippen LogP contribution in [0.2, 0.25) is 10.0 Å². The summed E-state index contributed by atoms with van der Waals surface area (Å²) >= 11 is 11.8. The molecule has 0 saturated heterocycles. The van der Waals surface area contributed by atoms with Crippen LogP contribution in [0, 0.1) is 0 Å². The Balaban J connectivity index is 3.18. The normalized spacial score (nSPS) is 11.5. The highest BCUT2D eigenvalue weighted by Crippen LogP contribution is 2.31. The van der Waals surface area contributed by atoms with Crippen molar-refractivity contribution >= 4 is 47.4 Å². The summed E-state index contributed by atoms with van der Waals surface area (Å²) in [5, 5.41) is 11.7. The molecule has 19 heavy (non-hydrogen) atoms. The minimum Gasteiger partial charge on any atom is -0.481 e. The van der Waals surface area contributed by atoms with Gasteiger partial charge in [-0.25, -0.2) is 0 Å².